The fourth-order valence-electron chi connectivity index (χ4n) is 3.58. The minimum absolute atomic E-state index is 0.0512. The Morgan fingerprint density at radius 1 is 1.09 bits per heavy atom. The van der Waals surface area contributed by atoms with Crippen molar-refractivity contribution in [2.24, 2.45) is 5.92 Å². The summed E-state index contributed by atoms with van der Waals surface area (Å²) >= 11 is 6.36. The molecule has 0 saturated heterocycles. The molecule has 0 unspecified atom stereocenters. The van der Waals surface area contributed by atoms with Crippen LogP contribution in [-0.4, -0.2) is 57.6 Å². The number of hydrogen-bond donors (Lipinski definition) is 1. The van der Waals surface area contributed by atoms with E-state index in [2.05, 4.69) is 5.32 Å². The lowest BCUT2D eigenvalue weighted by atomic mass is 10.1. The van der Waals surface area contributed by atoms with Gasteiger partial charge in [0.15, 0.2) is 0 Å². The highest BCUT2D eigenvalue weighted by atomic mass is 35.5. The van der Waals surface area contributed by atoms with Crippen molar-refractivity contribution in [3.63, 3.8) is 0 Å². The van der Waals surface area contributed by atoms with Crippen LogP contribution in [0.25, 0.3) is 0 Å². The van der Waals surface area contributed by atoms with Crippen LogP contribution in [0.1, 0.15) is 32.8 Å². The van der Waals surface area contributed by atoms with E-state index in [0.717, 1.165) is 10.6 Å². The van der Waals surface area contributed by atoms with Crippen LogP contribution in [0.3, 0.4) is 0 Å². The number of ether oxygens (including phenoxy) is 1. The second-order valence-electron chi connectivity index (χ2n) is 8.62. The average Bonchev–Trinajstić information content (AvgIpc) is 2.81. The molecule has 0 radical (unpaired) electrons. The molecule has 35 heavy (non-hydrogen) atoms. The number of halogens is 1. The first-order valence-corrected chi connectivity index (χ1v) is 13.6. The van der Waals surface area contributed by atoms with E-state index in [9.17, 15) is 18.0 Å². The van der Waals surface area contributed by atoms with Crippen molar-refractivity contribution in [2.45, 2.75) is 39.8 Å². The van der Waals surface area contributed by atoms with E-state index >= 15 is 0 Å². The SMILES string of the molecule is CC[C@@H](C(=O)NCC(C)C)N(Cc1ccccc1Cl)C(=O)CN(c1ccccc1OC)S(C)(=O)=O. The van der Waals surface area contributed by atoms with Gasteiger partial charge in [0.1, 0.15) is 18.3 Å². The van der Waals surface area contributed by atoms with Crippen molar-refractivity contribution in [1.29, 1.82) is 0 Å². The summed E-state index contributed by atoms with van der Waals surface area (Å²) < 4.78 is 31.8. The van der Waals surface area contributed by atoms with Crippen molar-refractivity contribution >= 4 is 39.1 Å². The normalized spacial score (nSPS) is 12.2. The van der Waals surface area contributed by atoms with Gasteiger partial charge in [0.25, 0.3) is 0 Å². The molecule has 192 valence electrons. The molecule has 1 atom stereocenters. The fourth-order valence-corrected chi connectivity index (χ4v) is 4.63. The van der Waals surface area contributed by atoms with E-state index < -0.39 is 28.5 Å². The largest absolute Gasteiger partial charge is 0.495 e. The Bertz CT molecular complexity index is 1120. The predicted octanol–water partition coefficient (Wildman–Crippen LogP) is 3.69. The number of anilines is 1. The molecule has 2 amide bonds. The Hall–Kier alpha value is -2.78. The number of amides is 2. The van der Waals surface area contributed by atoms with Crippen LogP contribution in [0.15, 0.2) is 48.5 Å². The van der Waals surface area contributed by atoms with Gasteiger partial charge in [0, 0.05) is 18.1 Å². The van der Waals surface area contributed by atoms with Gasteiger partial charge >= 0.3 is 0 Å². The number of rotatable bonds is 12. The summed E-state index contributed by atoms with van der Waals surface area (Å²) in [6.07, 6.45) is 1.37. The quantitative estimate of drug-likeness (QED) is 0.457. The maximum Gasteiger partial charge on any atom is 0.244 e. The molecule has 1 N–H and O–H groups in total. The van der Waals surface area contributed by atoms with Crippen LogP contribution < -0.4 is 14.4 Å². The Morgan fingerprint density at radius 3 is 2.29 bits per heavy atom. The van der Waals surface area contributed by atoms with E-state index in [4.69, 9.17) is 16.3 Å². The monoisotopic (exact) mass is 523 g/mol. The number of para-hydroxylation sites is 2. The lowest BCUT2D eigenvalue weighted by Gasteiger charge is -2.33. The number of benzene rings is 2. The Kier molecular flexibility index (Phi) is 10.4. The smallest absolute Gasteiger partial charge is 0.244 e. The molecule has 0 spiro atoms. The molecular formula is C25H34ClN3O5S. The molecule has 8 nitrogen and oxygen atoms in total. The minimum Gasteiger partial charge on any atom is -0.495 e. The number of nitrogens with zero attached hydrogens (tertiary/aromatic N) is 2. The number of sulfonamides is 1. The summed E-state index contributed by atoms with van der Waals surface area (Å²) in [7, 11) is -2.43. The van der Waals surface area contributed by atoms with Crippen LogP contribution in [0, 0.1) is 5.92 Å². The van der Waals surface area contributed by atoms with E-state index in [-0.39, 0.29) is 24.1 Å². The zero-order valence-electron chi connectivity index (χ0n) is 20.8. The van der Waals surface area contributed by atoms with Crippen LogP contribution in [0.4, 0.5) is 5.69 Å². The van der Waals surface area contributed by atoms with E-state index in [1.807, 2.05) is 13.8 Å². The first-order valence-electron chi connectivity index (χ1n) is 11.4. The molecule has 0 saturated carbocycles. The first-order chi connectivity index (χ1) is 16.5. The lowest BCUT2D eigenvalue weighted by Crippen LogP contribution is -2.52. The van der Waals surface area contributed by atoms with Gasteiger partial charge in [-0.2, -0.15) is 0 Å². The zero-order valence-corrected chi connectivity index (χ0v) is 22.4. The molecule has 0 bridgehead atoms. The van der Waals surface area contributed by atoms with Crippen molar-refractivity contribution in [3.8, 4) is 5.75 Å². The number of carbonyl (C=O) groups excluding carboxylic acids is 2. The van der Waals surface area contributed by atoms with Crippen molar-refractivity contribution in [3.05, 3.63) is 59.1 Å². The second kappa shape index (κ2) is 12.8. The van der Waals surface area contributed by atoms with Crippen LogP contribution in [-0.2, 0) is 26.2 Å². The third-order valence-corrected chi connectivity index (χ3v) is 6.90. The predicted molar refractivity (Wildman–Crippen MR) is 139 cm³/mol. The molecule has 10 heteroatoms. The Balaban J connectivity index is 2.47. The van der Waals surface area contributed by atoms with Gasteiger partial charge in [-0.05, 0) is 36.1 Å². The van der Waals surface area contributed by atoms with Gasteiger partial charge in [0.05, 0.1) is 19.1 Å². The second-order valence-corrected chi connectivity index (χ2v) is 10.9. The number of methoxy groups -OCH3 is 1. The number of hydrogen-bond acceptors (Lipinski definition) is 5. The van der Waals surface area contributed by atoms with Crippen LogP contribution in [0.5, 0.6) is 5.75 Å². The summed E-state index contributed by atoms with van der Waals surface area (Å²) in [6.45, 7) is 5.77. The van der Waals surface area contributed by atoms with Gasteiger partial charge in [0.2, 0.25) is 21.8 Å². The molecule has 0 aliphatic carbocycles. The zero-order chi connectivity index (χ0) is 26.2. The summed E-state index contributed by atoms with van der Waals surface area (Å²) in [5.41, 5.74) is 0.890. The van der Waals surface area contributed by atoms with E-state index in [0.29, 0.717) is 29.3 Å². The van der Waals surface area contributed by atoms with Crippen molar-refractivity contribution < 1.29 is 22.7 Å². The maximum absolute atomic E-state index is 13.7. The minimum atomic E-state index is -3.86. The third kappa shape index (κ3) is 7.86. The number of carbonyl (C=O) groups is 2. The molecular weight excluding hydrogens is 490 g/mol. The first kappa shape index (κ1) is 28.5. The highest BCUT2D eigenvalue weighted by molar-refractivity contribution is 7.92. The Morgan fingerprint density at radius 2 is 1.71 bits per heavy atom. The molecule has 2 aromatic carbocycles. The molecule has 0 aliphatic rings. The van der Waals surface area contributed by atoms with Crippen LogP contribution in [0.2, 0.25) is 5.02 Å². The highest BCUT2D eigenvalue weighted by Gasteiger charge is 2.32. The van der Waals surface area contributed by atoms with E-state index in [1.54, 1.807) is 55.5 Å². The molecule has 0 heterocycles. The van der Waals surface area contributed by atoms with Gasteiger partial charge in [-0.25, -0.2) is 8.42 Å². The lowest BCUT2D eigenvalue weighted by molar-refractivity contribution is -0.140. The summed E-state index contributed by atoms with van der Waals surface area (Å²) in [6, 6.07) is 12.8. The third-order valence-electron chi connectivity index (χ3n) is 5.40. The topological polar surface area (TPSA) is 96.0 Å². The fraction of sp³-hybridized carbons (Fsp3) is 0.440. The number of nitrogens with one attached hydrogen (secondary N) is 1. The maximum atomic E-state index is 13.7. The average molecular weight is 524 g/mol. The van der Waals surface area contributed by atoms with Gasteiger partial charge < -0.3 is 15.0 Å². The van der Waals surface area contributed by atoms with Gasteiger partial charge in [-0.15, -0.1) is 0 Å². The molecule has 2 aromatic rings. The van der Waals surface area contributed by atoms with Gasteiger partial charge in [-0.1, -0.05) is 62.7 Å². The molecule has 0 aromatic heterocycles. The van der Waals surface area contributed by atoms with Crippen molar-refractivity contribution in [2.75, 3.05) is 30.8 Å². The molecule has 0 fully saturated rings. The summed E-state index contributed by atoms with van der Waals surface area (Å²) in [4.78, 5) is 28.1. The van der Waals surface area contributed by atoms with E-state index in [1.165, 1.54) is 12.0 Å². The highest BCUT2D eigenvalue weighted by Crippen LogP contribution is 2.30. The molecule has 0 aliphatic heterocycles. The summed E-state index contributed by atoms with van der Waals surface area (Å²) in [5, 5.41) is 3.34. The van der Waals surface area contributed by atoms with Crippen molar-refractivity contribution in [1.82, 2.24) is 10.2 Å². The molecule has 2 rings (SSSR count). The standard InChI is InChI=1S/C25H34ClN3O5S/c1-6-21(25(31)27-15-18(2)3)28(16-19-11-7-8-12-20(19)26)24(30)17-29(35(5,32)33)22-13-9-10-14-23(22)34-4/h7-14,18,21H,6,15-17H2,1-5H3,(H,27,31)/t21-/m0/s1. The van der Waals surface area contributed by atoms with Crippen LogP contribution >= 0.6 is 11.6 Å². The Labute approximate surface area is 213 Å². The summed E-state index contributed by atoms with van der Waals surface area (Å²) in [5.74, 6) is -0.293. The van der Waals surface area contributed by atoms with Gasteiger partial charge in [-0.3, -0.25) is 13.9 Å².